The molecule has 3 rings (SSSR count). The highest BCUT2D eigenvalue weighted by molar-refractivity contribution is 5.95. The highest BCUT2D eigenvalue weighted by Gasteiger charge is 2.06. The van der Waals surface area contributed by atoms with Gasteiger partial charge in [0, 0.05) is 36.9 Å². The molecule has 0 aromatic carbocycles. The van der Waals surface area contributed by atoms with Crippen LogP contribution in [-0.4, -0.2) is 35.0 Å². The van der Waals surface area contributed by atoms with Crippen LogP contribution >= 0.6 is 0 Å². The average Bonchev–Trinajstić information content (AvgIpc) is 2.88. The fourth-order valence-corrected chi connectivity index (χ4v) is 2.19. The molecule has 6 heteroatoms. The van der Waals surface area contributed by atoms with Gasteiger partial charge in [-0.05, 0) is 18.6 Å². The maximum atomic E-state index is 5.99. The van der Waals surface area contributed by atoms with Crippen molar-refractivity contribution in [2.45, 2.75) is 6.92 Å². The lowest BCUT2D eigenvalue weighted by Crippen LogP contribution is -2.29. The Hall–Kier alpha value is -2.34. The Labute approximate surface area is 117 Å². The van der Waals surface area contributed by atoms with Crippen LogP contribution in [0.15, 0.2) is 41.4 Å². The summed E-state index contributed by atoms with van der Waals surface area (Å²) in [5.41, 5.74) is 9.60. The maximum absolute atomic E-state index is 5.99. The number of aryl methyl sites for hydroxylation is 1. The number of hydrogen-bond donors (Lipinski definition) is 2. The maximum Gasteiger partial charge on any atom is 0.162 e. The summed E-state index contributed by atoms with van der Waals surface area (Å²) >= 11 is 0. The molecule has 0 atom stereocenters. The van der Waals surface area contributed by atoms with Crippen molar-refractivity contribution in [3.63, 3.8) is 0 Å². The van der Waals surface area contributed by atoms with Crippen molar-refractivity contribution in [3.8, 4) is 0 Å². The van der Waals surface area contributed by atoms with Crippen LogP contribution in [0, 0.1) is 6.92 Å². The fraction of sp³-hybridized carbons (Fsp3) is 0.286. The van der Waals surface area contributed by atoms with E-state index in [4.69, 9.17) is 10.5 Å². The Morgan fingerprint density at radius 2 is 2.50 bits per heavy atom. The Balaban J connectivity index is 1.94. The first-order valence-electron chi connectivity index (χ1n) is 6.52. The minimum absolute atomic E-state index is 0.438. The number of ether oxygens (including phenoxy) is 1. The van der Waals surface area contributed by atoms with Gasteiger partial charge >= 0.3 is 0 Å². The van der Waals surface area contributed by atoms with E-state index in [1.165, 1.54) is 0 Å². The lowest BCUT2D eigenvalue weighted by molar-refractivity contribution is 0.132. The summed E-state index contributed by atoms with van der Waals surface area (Å²) in [6.07, 6.45) is 7.46. The lowest BCUT2D eigenvalue weighted by Gasteiger charge is -2.17. The molecule has 1 aliphatic rings. The molecule has 0 unspecified atom stereocenters. The highest BCUT2D eigenvalue weighted by Crippen LogP contribution is 2.20. The molecular formula is C14H17N5O. The second-order valence-electron chi connectivity index (χ2n) is 4.75. The summed E-state index contributed by atoms with van der Waals surface area (Å²) in [6.45, 7) is 4.08. The van der Waals surface area contributed by atoms with Gasteiger partial charge in [0.25, 0.3) is 0 Å². The molecule has 2 aromatic heterocycles. The van der Waals surface area contributed by atoms with Crippen LogP contribution in [0.4, 0.5) is 5.69 Å². The van der Waals surface area contributed by atoms with Crippen molar-refractivity contribution in [3.05, 3.63) is 42.0 Å². The van der Waals surface area contributed by atoms with Crippen LogP contribution in [0.2, 0.25) is 0 Å². The Morgan fingerprint density at radius 3 is 3.30 bits per heavy atom. The van der Waals surface area contributed by atoms with Crippen molar-refractivity contribution in [2.24, 2.45) is 10.7 Å². The van der Waals surface area contributed by atoms with E-state index in [9.17, 15) is 0 Å². The van der Waals surface area contributed by atoms with Crippen LogP contribution in [0.25, 0.3) is 5.65 Å². The second kappa shape index (κ2) is 5.34. The van der Waals surface area contributed by atoms with E-state index in [1.54, 1.807) is 12.3 Å². The quantitative estimate of drug-likeness (QED) is 0.634. The number of fused-ring (bicyclic) bond motifs is 1. The summed E-state index contributed by atoms with van der Waals surface area (Å²) in [5, 5.41) is 3.23. The van der Waals surface area contributed by atoms with E-state index < -0.39 is 0 Å². The summed E-state index contributed by atoms with van der Waals surface area (Å²) in [7, 11) is 0. The number of nitrogens with zero attached hydrogens (tertiary/aromatic N) is 3. The highest BCUT2D eigenvalue weighted by atomic mass is 16.5. The molecule has 0 amide bonds. The predicted octanol–water partition coefficient (Wildman–Crippen LogP) is 1.14. The van der Waals surface area contributed by atoms with Gasteiger partial charge in [0.2, 0.25) is 0 Å². The molecule has 3 heterocycles. The summed E-state index contributed by atoms with van der Waals surface area (Å²) in [4.78, 5) is 8.75. The van der Waals surface area contributed by atoms with Crippen molar-refractivity contribution < 1.29 is 4.74 Å². The molecule has 0 saturated carbocycles. The SMILES string of the molecule is Cc1cc(N=C(N)/C=C2/COCCN2)c2nccn2c1. The molecule has 104 valence electrons. The monoisotopic (exact) mass is 271 g/mol. The van der Waals surface area contributed by atoms with Crippen molar-refractivity contribution in [2.75, 3.05) is 19.8 Å². The van der Waals surface area contributed by atoms with Gasteiger partial charge in [-0.15, -0.1) is 0 Å². The largest absolute Gasteiger partial charge is 0.384 e. The summed E-state index contributed by atoms with van der Waals surface area (Å²) in [6, 6.07) is 1.97. The van der Waals surface area contributed by atoms with E-state index in [-0.39, 0.29) is 0 Å². The number of nitrogens with two attached hydrogens (primary N) is 1. The molecule has 20 heavy (non-hydrogen) atoms. The van der Waals surface area contributed by atoms with Crippen LogP contribution in [0.3, 0.4) is 0 Å². The normalized spacial score (nSPS) is 18.4. The van der Waals surface area contributed by atoms with Gasteiger partial charge in [-0.25, -0.2) is 9.98 Å². The zero-order valence-electron chi connectivity index (χ0n) is 11.3. The first-order chi connectivity index (χ1) is 9.72. The molecular weight excluding hydrogens is 254 g/mol. The molecule has 1 fully saturated rings. The Morgan fingerprint density at radius 1 is 1.60 bits per heavy atom. The van der Waals surface area contributed by atoms with Gasteiger partial charge in [0.05, 0.1) is 13.2 Å². The average molecular weight is 271 g/mol. The van der Waals surface area contributed by atoms with Gasteiger partial charge in [-0.2, -0.15) is 0 Å². The minimum atomic E-state index is 0.438. The Bertz CT molecular complexity index is 678. The van der Waals surface area contributed by atoms with Crippen LogP contribution in [0.1, 0.15) is 5.56 Å². The van der Waals surface area contributed by atoms with Gasteiger partial charge in [-0.1, -0.05) is 0 Å². The van der Waals surface area contributed by atoms with E-state index in [0.717, 1.165) is 35.7 Å². The number of nitrogens with one attached hydrogen (secondary N) is 1. The van der Waals surface area contributed by atoms with E-state index >= 15 is 0 Å². The van der Waals surface area contributed by atoms with Crippen molar-refractivity contribution in [1.29, 1.82) is 0 Å². The number of morpholine rings is 1. The smallest absolute Gasteiger partial charge is 0.162 e. The zero-order chi connectivity index (χ0) is 13.9. The fourth-order valence-electron chi connectivity index (χ4n) is 2.19. The van der Waals surface area contributed by atoms with Gasteiger partial charge in [0.1, 0.15) is 11.5 Å². The Kier molecular flexibility index (Phi) is 3.39. The minimum Gasteiger partial charge on any atom is -0.384 e. The number of aromatic nitrogens is 2. The number of rotatable bonds is 2. The molecule has 0 bridgehead atoms. The molecule has 0 radical (unpaired) electrons. The number of aliphatic imine (C=N–C) groups is 1. The molecule has 0 spiro atoms. The molecule has 1 saturated heterocycles. The number of hydrogen-bond acceptors (Lipinski definition) is 4. The van der Waals surface area contributed by atoms with E-state index in [1.807, 2.05) is 29.8 Å². The number of pyridine rings is 1. The second-order valence-corrected chi connectivity index (χ2v) is 4.75. The van der Waals surface area contributed by atoms with Crippen LogP contribution < -0.4 is 11.1 Å². The van der Waals surface area contributed by atoms with E-state index in [2.05, 4.69) is 15.3 Å². The predicted molar refractivity (Wildman–Crippen MR) is 78.1 cm³/mol. The van der Waals surface area contributed by atoms with Gasteiger partial charge in [-0.3, -0.25) is 0 Å². The lowest BCUT2D eigenvalue weighted by atomic mass is 10.3. The number of imidazole rings is 1. The van der Waals surface area contributed by atoms with Gasteiger partial charge in [0.15, 0.2) is 5.65 Å². The standard InChI is InChI=1S/C14H17N5O/c1-10-6-12(14-17-2-4-19(14)8-10)18-13(15)7-11-9-20-5-3-16-11/h2,4,6-8,16H,3,5,9H2,1H3,(H2,15,18)/b11-7-. The van der Waals surface area contributed by atoms with Gasteiger partial charge < -0.3 is 20.2 Å². The topological polar surface area (TPSA) is 76.9 Å². The molecule has 6 nitrogen and oxygen atoms in total. The molecule has 2 aromatic rings. The van der Waals surface area contributed by atoms with Crippen LogP contribution in [0.5, 0.6) is 0 Å². The molecule has 0 aliphatic carbocycles. The third kappa shape index (κ3) is 2.65. The first-order valence-corrected chi connectivity index (χ1v) is 6.52. The third-order valence-electron chi connectivity index (χ3n) is 3.03. The summed E-state index contributed by atoms with van der Waals surface area (Å²) < 4.78 is 7.29. The summed E-state index contributed by atoms with van der Waals surface area (Å²) in [5.74, 6) is 0.438. The third-order valence-corrected chi connectivity index (χ3v) is 3.03. The van der Waals surface area contributed by atoms with Crippen LogP contribution in [-0.2, 0) is 4.74 Å². The van der Waals surface area contributed by atoms with E-state index in [0.29, 0.717) is 12.4 Å². The van der Waals surface area contributed by atoms with Crippen molar-refractivity contribution >= 4 is 17.2 Å². The van der Waals surface area contributed by atoms with Crippen molar-refractivity contribution in [1.82, 2.24) is 14.7 Å². The number of amidine groups is 1. The molecule has 1 aliphatic heterocycles. The first kappa shape index (κ1) is 12.7. The molecule has 3 N–H and O–H groups in total. The zero-order valence-corrected chi connectivity index (χ0v) is 11.3.